The Balaban J connectivity index is 1.75. The first-order valence-corrected chi connectivity index (χ1v) is 11.2. The third kappa shape index (κ3) is 4.79. The molecule has 0 saturated carbocycles. The van der Waals surface area contributed by atoms with Crippen LogP contribution in [-0.2, 0) is 14.8 Å². The van der Waals surface area contributed by atoms with Gasteiger partial charge >= 0.3 is 0 Å². The van der Waals surface area contributed by atoms with E-state index in [9.17, 15) is 13.2 Å². The molecule has 0 aromatic heterocycles. The molecular weight excluding hydrogens is 388 g/mol. The van der Waals surface area contributed by atoms with Crippen molar-refractivity contribution in [3.63, 3.8) is 0 Å². The van der Waals surface area contributed by atoms with Crippen LogP contribution in [0.15, 0.2) is 41.3 Å². The first kappa shape index (κ1) is 21.3. The number of carbonyl (C=O) groups is 1. The molecule has 6 nitrogen and oxygen atoms in total. The first-order valence-electron chi connectivity index (χ1n) is 9.74. The van der Waals surface area contributed by atoms with Crippen molar-refractivity contribution in [1.29, 1.82) is 0 Å². The van der Waals surface area contributed by atoms with Gasteiger partial charge in [0.2, 0.25) is 15.9 Å². The van der Waals surface area contributed by atoms with E-state index in [2.05, 4.69) is 5.32 Å². The second kappa shape index (κ2) is 8.55. The molecule has 0 bridgehead atoms. The van der Waals surface area contributed by atoms with Gasteiger partial charge in [-0.2, -0.15) is 4.31 Å². The SMILES string of the molecule is COc1ccc(S(=O)(=O)N2CCC[C@H](C(=O)Nc3cc(C)cc(C)c3)C2)cc1C. The van der Waals surface area contributed by atoms with Gasteiger partial charge in [-0.05, 0) is 80.6 Å². The fourth-order valence-electron chi connectivity index (χ4n) is 3.83. The molecule has 1 atom stereocenters. The summed E-state index contributed by atoms with van der Waals surface area (Å²) < 4.78 is 32.9. The molecule has 7 heteroatoms. The van der Waals surface area contributed by atoms with Crippen molar-refractivity contribution >= 4 is 21.6 Å². The van der Waals surface area contributed by atoms with Crippen LogP contribution in [-0.4, -0.2) is 38.8 Å². The van der Waals surface area contributed by atoms with Crippen molar-refractivity contribution in [2.45, 2.75) is 38.5 Å². The molecule has 1 fully saturated rings. The summed E-state index contributed by atoms with van der Waals surface area (Å²) in [4.78, 5) is 13.0. The second-order valence-electron chi connectivity index (χ2n) is 7.70. The Morgan fingerprint density at radius 3 is 2.41 bits per heavy atom. The van der Waals surface area contributed by atoms with E-state index < -0.39 is 10.0 Å². The van der Waals surface area contributed by atoms with E-state index in [1.54, 1.807) is 25.3 Å². The van der Waals surface area contributed by atoms with E-state index in [1.807, 2.05) is 39.0 Å². The van der Waals surface area contributed by atoms with Crippen molar-refractivity contribution in [3.8, 4) is 5.75 Å². The van der Waals surface area contributed by atoms with E-state index in [-0.39, 0.29) is 23.3 Å². The summed E-state index contributed by atoms with van der Waals surface area (Å²) in [5.41, 5.74) is 3.65. The quantitative estimate of drug-likeness (QED) is 0.807. The average molecular weight is 417 g/mol. The smallest absolute Gasteiger partial charge is 0.243 e. The minimum Gasteiger partial charge on any atom is -0.496 e. The van der Waals surface area contributed by atoms with Crippen LogP contribution in [0.5, 0.6) is 5.75 Å². The minimum absolute atomic E-state index is 0.138. The Hall–Kier alpha value is -2.38. The van der Waals surface area contributed by atoms with Gasteiger partial charge in [-0.3, -0.25) is 4.79 Å². The standard InChI is InChI=1S/C22H28N2O4S/c1-15-10-16(2)12-19(11-15)23-22(25)18-6-5-9-24(14-18)29(26,27)20-7-8-21(28-4)17(3)13-20/h7-8,10-13,18H,5-6,9,14H2,1-4H3,(H,23,25)/t18-/m0/s1. The molecule has 0 spiro atoms. The van der Waals surface area contributed by atoms with Crippen molar-refractivity contribution < 1.29 is 17.9 Å². The molecule has 0 unspecified atom stereocenters. The number of ether oxygens (including phenoxy) is 1. The molecule has 29 heavy (non-hydrogen) atoms. The summed E-state index contributed by atoms with van der Waals surface area (Å²) in [6, 6.07) is 10.7. The lowest BCUT2D eigenvalue weighted by Gasteiger charge is -2.31. The third-order valence-corrected chi connectivity index (χ3v) is 7.11. The molecule has 1 amide bonds. The van der Waals surface area contributed by atoms with E-state index in [4.69, 9.17) is 4.74 Å². The van der Waals surface area contributed by atoms with Gasteiger partial charge in [0, 0.05) is 18.8 Å². The van der Waals surface area contributed by atoms with E-state index in [0.29, 0.717) is 25.1 Å². The number of hydrogen-bond acceptors (Lipinski definition) is 4. The zero-order valence-electron chi connectivity index (χ0n) is 17.4. The van der Waals surface area contributed by atoms with Crippen LogP contribution in [0.2, 0.25) is 0 Å². The number of benzene rings is 2. The number of piperidine rings is 1. The summed E-state index contributed by atoms with van der Waals surface area (Å²) >= 11 is 0. The van der Waals surface area contributed by atoms with Gasteiger partial charge in [0.1, 0.15) is 5.75 Å². The fraction of sp³-hybridized carbons (Fsp3) is 0.409. The van der Waals surface area contributed by atoms with Gasteiger partial charge in [0.15, 0.2) is 0 Å². The molecule has 156 valence electrons. The lowest BCUT2D eigenvalue weighted by atomic mass is 9.98. The Morgan fingerprint density at radius 2 is 1.79 bits per heavy atom. The average Bonchev–Trinajstić information content (AvgIpc) is 2.67. The van der Waals surface area contributed by atoms with Crippen LogP contribution in [0.1, 0.15) is 29.5 Å². The van der Waals surface area contributed by atoms with Gasteiger partial charge in [0.25, 0.3) is 0 Å². The lowest BCUT2D eigenvalue weighted by Crippen LogP contribution is -2.43. The number of nitrogens with zero attached hydrogens (tertiary/aromatic N) is 1. The van der Waals surface area contributed by atoms with Crippen LogP contribution >= 0.6 is 0 Å². The maximum atomic E-state index is 13.1. The maximum absolute atomic E-state index is 13.1. The van der Waals surface area contributed by atoms with Gasteiger partial charge in [0.05, 0.1) is 17.9 Å². The summed E-state index contributed by atoms with van der Waals surface area (Å²) in [5, 5.41) is 2.95. The van der Waals surface area contributed by atoms with E-state index >= 15 is 0 Å². The van der Waals surface area contributed by atoms with Crippen molar-refractivity contribution in [3.05, 3.63) is 53.1 Å². The number of carbonyl (C=O) groups excluding carboxylic acids is 1. The molecule has 0 radical (unpaired) electrons. The zero-order valence-corrected chi connectivity index (χ0v) is 18.2. The molecule has 1 N–H and O–H groups in total. The molecule has 3 rings (SSSR count). The van der Waals surface area contributed by atoms with Crippen LogP contribution in [0.25, 0.3) is 0 Å². The Morgan fingerprint density at radius 1 is 1.10 bits per heavy atom. The van der Waals surface area contributed by atoms with Crippen LogP contribution in [0, 0.1) is 26.7 Å². The summed E-state index contributed by atoms with van der Waals surface area (Å²) in [7, 11) is -2.11. The lowest BCUT2D eigenvalue weighted by molar-refractivity contribution is -0.120. The first-order chi connectivity index (χ1) is 13.7. The summed E-state index contributed by atoms with van der Waals surface area (Å²) in [6.45, 7) is 6.38. The highest BCUT2D eigenvalue weighted by molar-refractivity contribution is 7.89. The van der Waals surface area contributed by atoms with Gasteiger partial charge in [-0.15, -0.1) is 0 Å². The van der Waals surface area contributed by atoms with Crippen molar-refractivity contribution in [2.24, 2.45) is 5.92 Å². The van der Waals surface area contributed by atoms with Gasteiger partial charge in [-0.1, -0.05) is 6.07 Å². The highest BCUT2D eigenvalue weighted by Gasteiger charge is 2.33. The topological polar surface area (TPSA) is 75.7 Å². The molecular formula is C22H28N2O4S. The molecule has 2 aromatic rings. The van der Waals surface area contributed by atoms with Crippen LogP contribution in [0.4, 0.5) is 5.69 Å². The number of rotatable bonds is 5. The van der Waals surface area contributed by atoms with Crippen LogP contribution < -0.4 is 10.1 Å². The number of aryl methyl sites for hydroxylation is 3. The molecule has 1 aliphatic rings. The highest BCUT2D eigenvalue weighted by atomic mass is 32.2. The number of methoxy groups -OCH3 is 1. The molecule has 1 aliphatic heterocycles. The Kier molecular flexibility index (Phi) is 6.29. The van der Waals surface area contributed by atoms with E-state index in [1.165, 1.54) is 4.31 Å². The number of sulfonamides is 1. The third-order valence-electron chi connectivity index (χ3n) is 5.25. The molecule has 1 saturated heterocycles. The fourth-order valence-corrected chi connectivity index (χ4v) is 5.44. The van der Waals surface area contributed by atoms with Crippen molar-refractivity contribution in [1.82, 2.24) is 4.31 Å². The molecule has 0 aliphatic carbocycles. The molecule has 1 heterocycles. The van der Waals surface area contributed by atoms with Gasteiger partial charge < -0.3 is 10.1 Å². The normalized spacial score (nSPS) is 17.7. The molecule has 2 aromatic carbocycles. The predicted octanol–water partition coefficient (Wildman–Crippen LogP) is 3.66. The van der Waals surface area contributed by atoms with Crippen molar-refractivity contribution in [2.75, 3.05) is 25.5 Å². The Labute approximate surface area is 172 Å². The second-order valence-corrected chi connectivity index (χ2v) is 9.64. The highest BCUT2D eigenvalue weighted by Crippen LogP contribution is 2.28. The minimum atomic E-state index is -3.66. The van der Waals surface area contributed by atoms with Gasteiger partial charge in [-0.25, -0.2) is 8.42 Å². The number of amides is 1. The summed E-state index contributed by atoms with van der Waals surface area (Å²) in [5.74, 6) is 0.132. The number of nitrogens with one attached hydrogen (secondary N) is 1. The largest absolute Gasteiger partial charge is 0.496 e. The summed E-state index contributed by atoms with van der Waals surface area (Å²) in [6.07, 6.45) is 1.32. The van der Waals surface area contributed by atoms with Crippen LogP contribution in [0.3, 0.4) is 0 Å². The monoisotopic (exact) mass is 416 g/mol. The zero-order chi connectivity index (χ0) is 21.2. The predicted molar refractivity (Wildman–Crippen MR) is 114 cm³/mol. The number of anilines is 1. The maximum Gasteiger partial charge on any atom is 0.243 e. The Bertz CT molecular complexity index is 997. The number of hydrogen-bond donors (Lipinski definition) is 1. The van der Waals surface area contributed by atoms with E-state index in [0.717, 1.165) is 22.4 Å².